The fraction of sp³-hybridized carbons (Fsp3) is 0.0455. The van der Waals surface area contributed by atoms with Crippen LogP contribution in [0.15, 0.2) is 72.2 Å². The highest BCUT2D eigenvalue weighted by molar-refractivity contribution is 7.16. The van der Waals surface area contributed by atoms with E-state index < -0.39 is 0 Å². The third kappa shape index (κ3) is 3.43. The van der Waals surface area contributed by atoms with E-state index in [0.717, 1.165) is 38.1 Å². The molecule has 5 aromatic rings. The van der Waals surface area contributed by atoms with E-state index in [0.29, 0.717) is 11.6 Å². The smallest absolute Gasteiger partial charge is 0.161 e. The first kappa shape index (κ1) is 17.4. The molecule has 0 aliphatic heterocycles. The van der Waals surface area contributed by atoms with Gasteiger partial charge in [0.05, 0.1) is 22.8 Å². The van der Waals surface area contributed by atoms with Crippen molar-refractivity contribution in [3.63, 3.8) is 0 Å². The molecule has 0 atom stereocenters. The Bertz CT molecular complexity index is 1320. The van der Waals surface area contributed by atoms with Crippen LogP contribution >= 0.6 is 11.3 Å². The van der Waals surface area contributed by atoms with Crippen LogP contribution in [0, 0.1) is 0 Å². The first-order valence-corrected chi connectivity index (χ1v) is 9.95. The maximum Gasteiger partial charge on any atom is 0.161 e. The van der Waals surface area contributed by atoms with Crippen LogP contribution in [0.25, 0.3) is 21.0 Å². The SMILES string of the molecule is COc1cccc(Nc2nnc(Nc3ccc4ncsc4c3)c3ccccc23)c1. The van der Waals surface area contributed by atoms with Crippen LogP contribution in [0.2, 0.25) is 0 Å². The fourth-order valence-corrected chi connectivity index (χ4v) is 3.91. The van der Waals surface area contributed by atoms with Crippen LogP contribution in [0.1, 0.15) is 0 Å². The zero-order chi connectivity index (χ0) is 19.6. The van der Waals surface area contributed by atoms with Gasteiger partial charge in [0.1, 0.15) is 5.75 Å². The number of hydrogen-bond donors (Lipinski definition) is 2. The van der Waals surface area contributed by atoms with Crippen molar-refractivity contribution in [2.45, 2.75) is 0 Å². The van der Waals surface area contributed by atoms with E-state index >= 15 is 0 Å². The summed E-state index contributed by atoms with van der Waals surface area (Å²) in [6.07, 6.45) is 0. The van der Waals surface area contributed by atoms with Gasteiger partial charge in [-0.1, -0.05) is 30.3 Å². The lowest BCUT2D eigenvalue weighted by molar-refractivity contribution is 0.415. The van der Waals surface area contributed by atoms with Crippen molar-refractivity contribution in [2.24, 2.45) is 0 Å². The van der Waals surface area contributed by atoms with Crippen molar-refractivity contribution in [2.75, 3.05) is 17.7 Å². The number of aromatic nitrogens is 3. The molecule has 2 N–H and O–H groups in total. The van der Waals surface area contributed by atoms with Gasteiger partial charge in [-0.15, -0.1) is 21.5 Å². The van der Waals surface area contributed by atoms with Gasteiger partial charge in [0.25, 0.3) is 0 Å². The first-order chi connectivity index (χ1) is 14.3. The predicted octanol–water partition coefficient (Wildman–Crippen LogP) is 5.74. The molecule has 0 saturated carbocycles. The molecule has 0 amide bonds. The van der Waals surface area contributed by atoms with Gasteiger partial charge in [0, 0.05) is 28.2 Å². The summed E-state index contributed by atoms with van der Waals surface area (Å²) in [4.78, 5) is 4.33. The summed E-state index contributed by atoms with van der Waals surface area (Å²) in [5.41, 5.74) is 4.69. The molecular weight excluding hydrogens is 382 g/mol. The Hall–Kier alpha value is -3.71. The third-order valence-electron chi connectivity index (χ3n) is 4.61. The molecule has 6 nitrogen and oxygen atoms in total. The lowest BCUT2D eigenvalue weighted by atomic mass is 10.1. The second-order valence-electron chi connectivity index (χ2n) is 6.46. The summed E-state index contributed by atoms with van der Waals surface area (Å²) in [7, 11) is 1.65. The topological polar surface area (TPSA) is 72.0 Å². The molecule has 142 valence electrons. The summed E-state index contributed by atoms with van der Waals surface area (Å²) in [5.74, 6) is 2.18. The Balaban J connectivity index is 1.51. The maximum atomic E-state index is 5.30. The van der Waals surface area contributed by atoms with E-state index in [4.69, 9.17) is 4.74 Å². The van der Waals surface area contributed by atoms with E-state index in [9.17, 15) is 0 Å². The van der Waals surface area contributed by atoms with Gasteiger partial charge >= 0.3 is 0 Å². The molecule has 7 heteroatoms. The molecule has 0 radical (unpaired) electrons. The summed E-state index contributed by atoms with van der Waals surface area (Å²) in [6.45, 7) is 0. The highest BCUT2D eigenvalue weighted by Crippen LogP contribution is 2.31. The molecule has 0 saturated heterocycles. The van der Waals surface area contributed by atoms with E-state index in [2.05, 4.69) is 31.9 Å². The first-order valence-electron chi connectivity index (χ1n) is 9.07. The van der Waals surface area contributed by atoms with Gasteiger partial charge in [-0.25, -0.2) is 4.98 Å². The van der Waals surface area contributed by atoms with Crippen molar-refractivity contribution in [3.8, 4) is 5.75 Å². The number of hydrogen-bond acceptors (Lipinski definition) is 7. The van der Waals surface area contributed by atoms with Gasteiger partial charge in [0.15, 0.2) is 11.6 Å². The van der Waals surface area contributed by atoms with Gasteiger partial charge in [0.2, 0.25) is 0 Å². The third-order valence-corrected chi connectivity index (χ3v) is 5.41. The van der Waals surface area contributed by atoms with Crippen LogP contribution in [0.5, 0.6) is 5.75 Å². The lowest BCUT2D eigenvalue weighted by Crippen LogP contribution is -2.01. The van der Waals surface area contributed by atoms with Crippen molar-refractivity contribution >= 4 is 55.3 Å². The van der Waals surface area contributed by atoms with Gasteiger partial charge < -0.3 is 15.4 Å². The standard InChI is InChI=1S/C22H17N5OS/c1-28-16-6-4-5-14(11-16)24-21-17-7-2-3-8-18(17)22(27-26-21)25-15-9-10-19-20(12-15)29-13-23-19/h2-13H,1H3,(H,24,26)(H,25,27). The van der Waals surface area contributed by atoms with Gasteiger partial charge in [-0.2, -0.15) is 0 Å². The average Bonchev–Trinajstić information content (AvgIpc) is 3.23. The average molecular weight is 399 g/mol. The predicted molar refractivity (Wildman–Crippen MR) is 119 cm³/mol. The van der Waals surface area contributed by atoms with Crippen molar-refractivity contribution in [1.29, 1.82) is 0 Å². The number of ether oxygens (including phenoxy) is 1. The number of rotatable bonds is 5. The fourth-order valence-electron chi connectivity index (χ4n) is 3.20. The minimum absolute atomic E-state index is 0.692. The van der Waals surface area contributed by atoms with Crippen LogP contribution in [-0.4, -0.2) is 22.3 Å². The number of anilines is 4. The molecule has 0 spiro atoms. The normalized spacial score (nSPS) is 10.9. The van der Waals surface area contributed by atoms with Crippen LogP contribution in [0.4, 0.5) is 23.0 Å². The summed E-state index contributed by atoms with van der Waals surface area (Å²) in [6, 6.07) is 21.9. The number of fused-ring (bicyclic) bond motifs is 2. The summed E-state index contributed by atoms with van der Waals surface area (Å²) in [5, 5.41) is 17.6. The lowest BCUT2D eigenvalue weighted by Gasteiger charge is -2.13. The molecule has 2 heterocycles. The van der Waals surface area contributed by atoms with Gasteiger partial charge in [-0.05, 0) is 30.3 Å². The minimum Gasteiger partial charge on any atom is -0.497 e. The molecule has 2 aromatic heterocycles. The molecule has 29 heavy (non-hydrogen) atoms. The molecule has 0 aliphatic rings. The van der Waals surface area contributed by atoms with E-state index in [1.54, 1.807) is 18.4 Å². The zero-order valence-electron chi connectivity index (χ0n) is 15.6. The number of benzene rings is 3. The number of thiazole rings is 1. The molecule has 3 aromatic carbocycles. The molecule has 5 rings (SSSR count). The second kappa shape index (κ2) is 7.37. The largest absolute Gasteiger partial charge is 0.497 e. The molecule has 0 bridgehead atoms. The Kier molecular flexibility index (Phi) is 4.42. The Labute approximate surface area is 171 Å². The van der Waals surface area contributed by atoms with Crippen LogP contribution < -0.4 is 15.4 Å². The molecule has 0 aliphatic carbocycles. The highest BCUT2D eigenvalue weighted by Gasteiger charge is 2.10. The van der Waals surface area contributed by atoms with E-state index in [1.165, 1.54) is 0 Å². The Morgan fingerprint density at radius 3 is 2.24 bits per heavy atom. The van der Waals surface area contributed by atoms with Crippen molar-refractivity contribution in [3.05, 3.63) is 72.2 Å². The maximum absolute atomic E-state index is 5.30. The summed E-state index contributed by atoms with van der Waals surface area (Å²) < 4.78 is 6.43. The van der Waals surface area contributed by atoms with Crippen LogP contribution in [0.3, 0.4) is 0 Å². The Morgan fingerprint density at radius 1 is 0.793 bits per heavy atom. The number of nitrogens with zero attached hydrogens (tertiary/aromatic N) is 3. The Morgan fingerprint density at radius 2 is 1.52 bits per heavy atom. The molecule has 0 fully saturated rings. The monoisotopic (exact) mass is 399 g/mol. The van der Waals surface area contributed by atoms with E-state index in [-0.39, 0.29) is 0 Å². The number of methoxy groups -OCH3 is 1. The summed E-state index contributed by atoms with van der Waals surface area (Å²) >= 11 is 1.61. The quantitative estimate of drug-likeness (QED) is 0.393. The number of nitrogens with one attached hydrogen (secondary N) is 2. The molecule has 0 unspecified atom stereocenters. The molecular formula is C22H17N5OS. The highest BCUT2D eigenvalue weighted by atomic mass is 32.1. The minimum atomic E-state index is 0.692. The van der Waals surface area contributed by atoms with Crippen molar-refractivity contribution in [1.82, 2.24) is 15.2 Å². The van der Waals surface area contributed by atoms with Gasteiger partial charge in [-0.3, -0.25) is 0 Å². The van der Waals surface area contributed by atoms with Crippen LogP contribution in [-0.2, 0) is 0 Å². The van der Waals surface area contributed by atoms with E-state index in [1.807, 2.05) is 66.2 Å². The second-order valence-corrected chi connectivity index (χ2v) is 7.35. The zero-order valence-corrected chi connectivity index (χ0v) is 16.4. The van der Waals surface area contributed by atoms with Crippen molar-refractivity contribution < 1.29 is 4.74 Å².